The van der Waals surface area contributed by atoms with Crippen molar-refractivity contribution in [3.8, 4) is 6.07 Å². The number of aliphatic hydroxyl groups is 1. The minimum absolute atomic E-state index is 0.160. The van der Waals surface area contributed by atoms with Crippen molar-refractivity contribution in [2.45, 2.75) is 26.2 Å². The summed E-state index contributed by atoms with van der Waals surface area (Å²) in [6.45, 7) is 2.96. The Labute approximate surface area is 135 Å². The summed E-state index contributed by atoms with van der Waals surface area (Å²) in [5.74, 6) is 0.952. The van der Waals surface area contributed by atoms with E-state index in [-0.39, 0.29) is 6.61 Å². The minimum atomic E-state index is 0.160. The zero-order chi connectivity index (χ0) is 16.2. The maximum atomic E-state index is 9.64. The molecule has 118 valence electrons. The fraction of sp³-hybridized carbons (Fsp3) is 0.333. The van der Waals surface area contributed by atoms with Gasteiger partial charge in [0.1, 0.15) is 22.7 Å². The molecule has 0 bridgehead atoms. The van der Waals surface area contributed by atoms with Crippen LogP contribution < -0.4 is 9.72 Å². The van der Waals surface area contributed by atoms with Gasteiger partial charge in [-0.1, -0.05) is 25.5 Å². The van der Waals surface area contributed by atoms with Crippen LogP contribution in [0.25, 0.3) is 16.7 Å². The number of aromatic amines is 1. The molecule has 0 spiro atoms. The van der Waals surface area contributed by atoms with Gasteiger partial charge in [-0.3, -0.25) is 4.98 Å². The molecule has 0 aliphatic rings. The topological polar surface area (TPSA) is 75.9 Å². The lowest BCUT2D eigenvalue weighted by molar-refractivity contribution is -0.465. The maximum Gasteiger partial charge on any atom is 0.250 e. The Morgan fingerprint density at radius 1 is 1.35 bits per heavy atom. The van der Waals surface area contributed by atoms with E-state index in [1.165, 1.54) is 0 Å². The highest BCUT2D eigenvalue weighted by molar-refractivity contribution is 5.77. The van der Waals surface area contributed by atoms with Gasteiger partial charge in [0.05, 0.1) is 6.54 Å². The van der Waals surface area contributed by atoms with Gasteiger partial charge < -0.3 is 10.4 Å². The number of para-hydroxylation sites is 2. The number of imidazole rings is 1. The number of benzene rings is 1. The normalized spacial score (nSPS) is 11.0. The van der Waals surface area contributed by atoms with Crippen LogP contribution in [-0.4, -0.2) is 23.2 Å². The average molecular weight is 309 g/mol. The second-order valence-electron chi connectivity index (χ2n) is 5.62. The molecule has 2 aromatic heterocycles. The van der Waals surface area contributed by atoms with Crippen molar-refractivity contribution in [3.05, 3.63) is 41.5 Å². The largest absolute Gasteiger partial charge is 0.396 e. The number of nitrogens with zero attached hydrogens (tertiary/aromatic N) is 2. The van der Waals surface area contributed by atoms with E-state index in [1.54, 1.807) is 0 Å². The highest BCUT2D eigenvalue weighted by Crippen LogP contribution is 2.21. The molecule has 3 N–H and O–H groups in total. The van der Waals surface area contributed by atoms with Gasteiger partial charge in [-0.15, -0.1) is 0 Å². The van der Waals surface area contributed by atoms with Crippen LogP contribution in [0, 0.1) is 11.3 Å². The molecular formula is C18H21N4O+. The zero-order valence-corrected chi connectivity index (χ0v) is 13.3. The molecule has 23 heavy (non-hydrogen) atoms. The van der Waals surface area contributed by atoms with Crippen LogP contribution in [0.4, 0.5) is 5.82 Å². The summed E-state index contributed by atoms with van der Waals surface area (Å²) in [5, 5.41) is 22.0. The van der Waals surface area contributed by atoms with Gasteiger partial charge in [0.25, 0.3) is 0 Å². The first-order valence-corrected chi connectivity index (χ1v) is 8.03. The predicted molar refractivity (Wildman–Crippen MR) is 90.4 cm³/mol. The number of pyridine rings is 1. The summed E-state index contributed by atoms with van der Waals surface area (Å²) in [7, 11) is 0. The number of fused-ring (bicyclic) bond motifs is 3. The van der Waals surface area contributed by atoms with E-state index in [4.69, 9.17) is 5.11 Å². The summed E-state index contributed by atoms with van der Waals surface area (Å²) in [6, 6.07) is 12.4. The second kappa shape index (κ2) is 6.67. The van der Waals surface area contributed by atoms with Gasteiger partial charge in [-0.25, -0.2) is 0 Å². The minimum Gasteiger partial charge on any atom is -0.396 e. The van der Waals surface area contributed by atoms with Gasteiger partial charge in [-0.05, 0) is 24.1 Å². The molecule has 0 unspecified atom stereocenters. The molecule has 0 amide bonds. The summed E-state index contributed by atoms with van der Waals surface area (Å²) >= 11 is 0. The second-order valence-corrected chi connectivity index (χ2v) is 5.62. The van der Waals surface area contributed by atoms with Gasteiger partial charge in [0.15, 0.2) is 0 Å². The summed E-state index contributed by atoms with van der Waals surface area (Å²) in [5.41, 5.74) is 4.62. The average Bonchev–Trinajstić information content (AvgIpc) is 2.95. The van der Waals surface area contributed by atoms with Crippen LogP contribution in [0.15, 0.2) is 30.3 Å². The van der Waals surface area contributed by atoms with Crippen molar-refractivity contribution < 1.29 is 9.51 Å². The first-order valence-electron chi connectivity index (χ1n) is 8.03. The number of aliphatic hydroxyl groups excluding tert-OH is 1. The van der Waals surface area contributed by atoms with Crippen molar-refractivity contribution >= 4 is 22.5 Å². The SMILES string of the molecule is CCCc1cc(NCCCO)[n+]2c([nH]c3ccccc32)c1C#N. The first-order chi connectivity index (χ1) is 11.3. The Hall–Kier alpha value is -2.58. The molecule has 3 aromatic rings. The van der Waals surface area contributed by atoms with Crippen molar-refractivity contribution in [1.82, 2.24) is 4.98 Å². The molecule has 0 fully saturated rings. The molecular weight excluding hydrogens is 288 g/mol. The lowest BCUT2D eigenvalue weighted by Crippen LogP contribution is -2.28. The molecule has 0 aliphatic carbocycles. The Morgan fingerprint density at radius 3 is 2.91 bits per heavy atom. The third-order valence-electron chi connectivity index (χ3n) is 4.00. The van der Waals surface area contributed by atoms with E-state index in [2.05, 4.69) is 33.8 Å². The number of nitriles is 1. The van der Waals surface area contributed by atoms with Crippen LogP contribution in [0.1, 0.15) is 30.9 Å². The Morgan fingerprint density at radius 2 is 2.17 bits per heavy atom. The van der Waals surface area contributed by atoms with Crippen molar-refractivity contribution in [2.24, 2.45) is 0 Å². The van der Waals surface area contributed by atoms with E-state index in [1.807, 2.05) is 24.3 Å². The van der Waals surface area contributed by atoms with E-state index < -0.39 is 0 Å². The van der Waals surface area contributed by atoms with Crippen molar-refractivity contribution in [3.63, 3.8) is 0 Å². The van der Waals surface area contributed by atoms with Gasteiger partial charge in [0, 0.05) is 19.1 Å². The number of H-pyrrole nitrogens is 1. The number of hydrogen-bond donors (Lipinski definition) is 3. The van der Waals surface area contributed by atoms with Crippen LogP contribution in [-0.2, 0) is 6.42 Å². The van der Waals surface area contributed by atoms with Crippen molar-refractivity contribution in [2.75, 3.05) is 18.5 Å². The monoisotopic (exact) mass is 309 g/mol. The number of aryl methyl sites for hydroxylation is 1. The number of hydrogen-bond acceptors (Lipinski definition) is 3. The molecule has 5 heteroatoms. The summed E-state index contributed by atoms with van der Waals surface area (Å²) in [4.78, 5) is 3.38. The fourth-order valence-electron chi connectivity index (χ4n) is 2.97. The van der Waals surface area contributed by atoms with Gasteiger partial charge in [0.2, 0.25) is 11.5 Å². The fourth-order valence-corrected chi connectivity index (χ4v) is 2.97. The first kappa shape index (κ1) is 15.3. The quantitative estimate of drug-likeness (QED) is 0.484. The standard InChI is InChI=1S/C18H20N4O/c1-2-6-13-11-17(20-9-5-10-23)22-16-8-4-3-7-15(16)21-18(22)14(13)12-19/h3-4,7-8,11,23H,2,5-6,9-10H2,1H3,(H,20,21)/p+1. The number of anilines is 1. The van der Waals surface area contributed by atoms with Gasteiger partial charge in [-0.2, -0.15) is 9.66 Å². The van der Waals surface area contributed by atoms with Crippen LogP contribution in [0.2, 0.25) is 0 Å². The van der Waals surface area contributed by atoms with Gasteiger partial charge >= 0.3 is 0 Å². The summed E-state index contributed by atoms with van der Waals surface area (Å²) < 4.78 is 2.06. The number of rotatable bonds is 6. The molecule has 0 aliphatic heterocycles. The molecule has 3 rings (SSSR count). The molecule has 0 atom stereocenters. The smallest absolute Gasteiger partial charge is 0.250 e. The number of aromatic nitrogens is 2. The van der Waals surface area contributed by atoms with E-state index in [0.29, 0.717) is 18.5 Å². The highest BCUT2D eigenvalue weighted by atomic mass is 16.3. The zero-order valence-electron chi connectivity index (χ0n) is 13.3. The van der Waals surface area contributed by atoms with E-state index >= 15 is 0 Å². The number of nitrogens with one attached hydrogen (secondary N) is 2. The molecule has 2 heterocycles. The molecule has 0 radical (unpaired) electrons. The highest BCUT2D eigenvalue weighted by Gasteiger charge is 2.21. The lowest BCUT2D eigenvalue weighted by atomic mass is 10.1. The Kier molecular flexibility index (Phi) is 4.45. The van der Waals surface area contributed by atoms with Crippen LogP contribution >= 0.6 is 0 Å². The Balaban J connectivity index is 2.27. The summed E-state index contributed by atoms with van der Waals surface area (Å²) in [6.07, 6.45) is 2.54. The Bertz CT molecular complexity index is 876. The third-order valence-corrected chi connectivity index (χ3v) is 4.00. The molecule has 0 saturated carbocycles. The molecule has 0 saturated heterocycles. The third kappa shape index (κ3) is 2.73. The van der Waals surface area contributed by atoms with Crippen LogP contribution in [0.5, 0.6) is 0 Å². The predicted octanol–water partition coefficient (Wildman–Crippen LogP) is 2.53. The van der Waals surface area contributed by atoms with Crippen molar-refractivity contribution in [1.29, 1.82) is 5.26 Å². The van der Waals surface area contributed by atoms with E-state index in [0.717, 1.165) is 40.9 Å². The lowest BCUT2D eigenvalue weighted by Gasteiger charge is -2.08. The molecule has 5 nitrogen and oxygen atoms in total. The molecule has 1 aromatic carbocycles. The van der Waals surface area contributed by atoms with E-state index in [9.17, 15) is 5.26 Å². The maximum absolute atomic E-state index is 9.64. The van der Waals surface area contributed by atoms with Crippen LogP contribution in [0.3, 0.4) is 0 Å².